The van der Waals surface area contributed by atoms with Crippen molar-refractivity contribution in [2.24, 2.45) is 0 Å². The van der Waals surface area contributed by atoms with Gasteiger partial charge in [0.15, 0.2) is 0 Å². The molecule has 0 radical (unpaired) electrons. The third-order valence-electron chi connectivity index (χ3n) is 5.35. The summed E-state index contributed by atoms with van der Waals surface area (Å²) in [5.74, 6) is 1.40. The molecule has 2 N–H and O–H groups in total. The minimum Gasteiger partial charge on any atom is -0.399 e. The summed E-state index contributed by atoms with van der Waals surface area (Å²) in [5.41, 5.74) is 9.33. The van der Waals surface area contributed by atoms with E-state index >= 15 is 0 Å². The van der Waals surface area contributed by atoms with Crippen molar-refractivity contribution >= 4 is 22.6 Å². The van der Waals surface area contributed by atoms with Crippen LogP contribution < -0.4 is 5.73 Å². The van der Waals surface area contributed by atoms with Crippen LogP contribution in [0.5, 0.6) is 0 Å². The van der Waals surface area contributed by atoms with Crippen molar-refractivity contribution in [2.45, 2.75) is 38.6 Å². The molecule has 1 aliphatic heterocycles. The lowest BCUT2D eigenvalue weighted by molar-refractivity contribution is 0.0703. The van der Waals surface area contributed by atoms with Gasteiger partial charge in [-0.2, -0.15) is 0 Å². The van der Waals surface area contributed by atoms with E-state index in [1.165, 1.54) is 5.52 Å². The fourth-order valence-electron chi connectivity index (χ4n) is 4.12. The summed E-state index contributed by atoms with van der Waals surface area (Å²) in [5, 5.41) is 0. The number of nitrogens with two attached hydrogens (primary N) is 1. The molecular formula is C22H26N4O. The Balaban J connectivity index is 1.65. The number of benzene rings is 2. The highest BCUT2D eigenvalue weighted by Crippen LogP contribution is 2.32. The molecule has 2 aromatic carbocycles. The molecule has 5 heteroatoms. The number of imidazole rings is 1. The smallest absolute Gasteiger partial charge is 0.253 e. The highest BCUT2D eigenvalue weighted by Gasteiger charge is 2.29. The van der Waals surface area contributed by atoms with Crippen molar-refractivity contribution in [1.82, 2.24) is 14.5 Å². The zero-order valence-electron chi connectivity index (χ0n) is 15.9. The Morgan fingerprint density at radius 1 is 1.19 bits per heavy atom. The fourth-order valence-corrected chi connectivity index (χ4v) is 4.12. The van der Waals surface area contributed by atoms with Gasteiger partial charge in [0.05, 0.1) is 11.0 Å². The van der Waals surface area contributed by atoms with E-state index in [1.54, 1.807) is 12.1 Å². The summed E-state index contributed by atoms with van der Waals surface area (Å²) >= 11 is 0. The van der Waals surface area contributed by atoms with Crippen molar-refractivity contribution in [2.75, 3.05) is 18.8 Å². The van der Waals surface area contributed by atoms with Crippen LogP contribution in [0.1, 0.15) is 54.8 Å². The number of nitrogens with zero attached hydrogens (tertiary/aromatic N) is 3. The molecule has 5 nitrogen and oxygen atoms in total. The number of carbonyl (C=O) groups is 1. The molecule has 1 atom stereocenters. The summed E-state index contributed by atoms with van der Waals surface area (Å²) in [6, 6.07) is 15.8. The predicted molar refractivity (Wildman–Crippen MR) is 109 cm³/mol. The van der Waals surface area contributed by atoms with Gasteiger partial charge < -0.3 is 15.2 Å². The number of para-hydroxylation sites is 2. The second-order valence-electron chi connectivity index (χ2n) is 7.64. The van der Waals surface area contributed by atoms with E-state index in [4.69, 9.17) is 10.7 Å². The Morgan fingerprint density at radius 3 is 2.78 bits per heavy atom. The Bertz CT molecular complexity index is 975. The van der Waals surface area contributed by atoms with Crippen LogP contribution in [0, 0.1) is 0 Å². The van der Waals surface area contributed by atoms with E-state index in [0.717, 1.165) is 30.7 Å². The average Bonchev–Trinajstić information content (AvgIpc) is 3.07. The molecule has 1 unspecified atom stereocenters. The van der Waals surface area contributed by atoms with Crippen LogP contribution in [-0.4, -0.2) is 33.4 Å². The molecule has 4 rings (SSSR count). The zero-order chi connectivity index (χ0) is 19.0. The summed E-state index contributed by atoms with van der Waals surface area (Å²) in [6.07, 6.45) is 2.04. The van der Waals surface area contributed by atoms with E-state index in [0.29, 0.717) is 23.8 Å². The summed E-state index contributed by atoms with van der Waals surface area (Å²) in [6.45, 7) is 5.86. The first-order valence-electron chi connectivity index (χ1n) is 9.66. The standard InChI is InChI=1S/C22H26N4O/c1-15(2)26-20-11-4-3-10-19(20)24-21(26)17-8-6-12-25(14-17)22(27)16-7-5-9-18(23)13-16/h3-5,7,9-11,13,15,17H,6,8,12,14,23H2,1-2H3. The molecule has 0 aliphatic carbocycles. The van der Waals surface area contributed by atoms with Gasteiger partial charge in [0, 0.05) is 36.3 Å². The molecule has 1 saturated heterocycles. The summed E-state index contributed by atoms with van der Waals surface area (Å²) in [7, 11) is 0. The zero-order valence-corrected chi connectivity index (χ0v) is 15.9. The fraction of sp³-hybridized carbons (Fsp3) is 0.364. The van der Waals surface area contributed by atoms with Crippen LogP contribution in [0.15, 0.2) is 48.5 Å². The van der Waals surface area contributed by atoms with E-state index in [-0.39, 0.29) is 11.8 Å². The number of likely N-dealkylation sites (tertiary alicyclic amines) is 1. The molecule has 1 aliphatic rings. The molecule has 0 bridgehead atoms. The second kappa shape index (κ2) is 7.06. The minimum atomic E-state index is 0.0548. The minimum absolute atomic E-state index is 0.0548. The number of rotatable bonds is 3. The lowest BCUT2D eigenvalue weighted by Gasteiger charge is -2.33. The van der Waals surface area contributed by atoms with Crippen molar-refractivity contribution < 1.29 is 4.79 Å². The number of piperidine rings is 1. The van der Waals surface area contributed by atoms with Gasteiger partial charge in [-0.3, -0.25) is 4.79 Å². The van der Waals surface area contributed by atoms with Gasteiger partial charge in [0.2, 0.25) is 0 Å². The van der Waals surface area contributed by atoms with Crippen LogP contribution in [0.3, 0.4) is 0 Å². The van der Waals surface area contributed by atoms with Gasteiger partial charge in [0.1, 0.15) is 5.82 Å². The van der Waals surface area contributed by atoms with E-state index < -0.39 is 0 Å². The van der Waals surface area contributed by atoms with Gasteiger partial charge in [-0.1, -0.05) is 18.2 Å². The number of carbonyl (C=O) groups excluding carboxylic acids is 1. The number of aromatic nitrogens is 2. The number of anilines is 1. The Morgan fingerprint density at radius 2 is 2.00 bits per heavy atom. The monoisotopic (exact) mass is 362 g/mol. The third kappa shape index (κ3) is 3.29. The van der Waals surface area contributed by atoms with Gasteiger partial charge in [-0.15, -0.1) is 0 Å². The highest BCUT2D eigenvalue weighted by atomic mass is 16.2. The van der Waals surface area contributed by atoms with Crippen molar-refractivity contribution in [3.05, 3.63) is 59.9 Å². The van der Waals surface area contributed by atoms with Crippen molar-refractivity contribution in [1.29, 1.82) is 0 Å². The maximum Gasteiger partial charge on any atom is 0.253 e. The first kappa shape index (κ1) is 17.6. The van der Waals surface area contributed by atoms with Crippen molar-refractivity contribution in [3.63, 3.8) is 0 Å². The first-order valence-corrected chi connectivity index (χ1v) is 9.66. The SMILES string of the molecule is CC(C)n1c(C2CCCN(C(=O)c3cccc(N)c3)C2)nc2ccccc21. The number of hydrogen-bond acceptors (Lipinski definition) is 3. The van der Waals surface area contributed by atoms with Gasteiger partial charge in [0.25, 0.3) is 5.91 Å². The summed E-state index contributed by atoms with van der Waals surface area (Å²) in [4.78, 5) is 19.9. The van der Waals surface area contributed by atoms with Gasteiger partial charge in [-0.05, 0) is 57.0 Å². The maximum atomic E-state index is 13.0. The van der Waals surface area contributed by atoms with E-state index in [1.807, 2.05) is 23.1 Å². The Hall–Kier alpha value is -2.82. The molecule has 27 heavy (non-hydrogen) atoms. The molecule has 0 saturated carbocycles. The normalized spacial score (nSPS) is 17.6. The molecule has 3 aromatic rings. The van der Waals surface area contributed by atoms with Crippen LogP contribution in [-0.2, 0) is 0 Å². The average molecular weight is 362 g/mol. The largest absolute Gasteiger partial charge is 0.399 e. The number of amides is 1. The van der Waals surface area contributed by atoms with E-state index in [2.05, 4.69) is 36.6 Å². The van der Waals surface area contributed by atoms with Crippen LogP contribution in [0.25, 0.3) is 11.0 Å². The third-order valence-corrected chi connectivity index (χ3v) is 5.35. The lowest BCUT2D eigenvalue weighted by Crippen LogP contribution is -2.39. The molecular weight excluding hydrogens is 336 g/mol. The summed E-state index contributed by atoms with van der Waals surface area (Å²) < 4.78 is 2.33. The second-order valence-corrected chi connectivity index (χ2v) is 7.64. The number of fused-ring (bicyclic) bond motifs is 1. The molecule has 1 amide bonds. The number of nitrogen functional groups attached to an aromatic ring is 1. The molecule has 1 fully saturated rings. The Labute approximate surface area is 159 Å². The Kier molecular flexibility index (Phi) is 4.60. The van der Waals surface area contributed by atoms with E-state index in [9.17, 15) is 4.79 Å². The number of hydrogen-bond donors (Lipinski definition) is 1. The lowest BCUT2D eigenvalue weighted by atomic mass is 9.96. The first-order chi connectivity index (χ1) is 13.0. The molecule has 140 valence electrons. The van der Waals surface area contributed by atoms with Gasteiger partial charge >= 0.3 is 0 Å². The molecule has 1 aromatic heterocycles. The maximum absolute atomic E-state index is 13.0. The topological polar surface area (TPSA) is 64.2 Å². The van der Waals surface area contributed by atoms with Crippen LogP contribution in [0.4, 0.5) is 5.69 Å². The van der Waals surface area contributed by atoms with Gasteiger partial charge in [-0.25, -0.2) is 4.98 Å². The van der Waals surface area contributed by atoms with Crippen LogP contribution in [0.2, 0.25) is 0 Å². The molecule has 2 heterocycles. The molecule has 0 spiro atoms. The predicted octanol–water partition coefficient (Wildman–Crippen LogP) is 4.22. The quantitative estimate of drug-likeness (QED) is 0.710. The highest BCUT2D eigenvalue weighted by molar-refractivity contribution is 5.95. The van der Waals surface area contributed by atoms with Crippen LogP contribution >= 0.6 is 0 Å². The van der Waals surface area contributed by atoms with Crippen molar-refractivity contribution in [3.8, 4) is 0 Å².